The van der Waals surface area contributed by atoms with Crippen LogP contribution in [0.25, 0.3) is 0 Å². The van der Waals surface area contributed by atoms with E-state index < -0.39 is 10.0 Å². The molecule has 6 heteroatoms. The highest BCUT2D eigenvalue weighted by molar-refractivity contribution is 7.89. The van der Waals surface area contributed by atoms with Crippen molar-refractivity contribution in [2.24, 2.45) is 5.92 Å². The van der Waals surface area contributed by atoms with Gasteiger partial charge in [0, 0.05) is 25.8 Å². The van der Waals surface area contributed by atoms with E-state index in [0.29, 0.717) is 12.5 Å². The highest BCUT2D eigenvalue weighted by atomic mass is 32.2. The van der Waals surface area contributed by atoms with Crippen LogP contribution < -0.4 is 5.32 Å². The maximum Gasteiger partial charge on any atom is 0.260 e. The van der Waals surface area contributed by atoms with Crippen molar-refractivity contribution in [1.82, 2.24) is 14.6 Å². The largest absolute Gasteiger partial charge is 0.313 e. The summed E-state index contributed by atoms with van der Waals surface area (Å²) in [5.74, 6) is 0.503. The normalized spacial score (nSPS) is 17.4. The summed E-state index contributed by atoms with van der Waals surface area (Å²) in [6.07, 6.45) is 3.87. The molecular weight excluding hydrogens is 274 g/mol. The van der Waals surface area contributed by atoms with Gasteiger partial charge in [0.1, 0.15) is 0 Å². The average molecular weight is 297 g/mol. The molecule has 1 aromatic heterocycles. The lowest BCUT2D eigenvalue weighted by Gasteiger charge is -2.23. The SMILES string of the molecule is CCNCc1ccc(S(=O)(=O)N(C)C(C)C2CC2)nc1. The molecular formula is C14H23N3O2S. The van der Waals surface area contributed by atoms with E-state index in [1.807, 2.05) is 19.9 Å². The van der Waals surface area contributed by atoms with Gasteiger partial charge in [-0.05, 0) is 43.9 Å². The van der Waals surface area contributed by atoms with E-state index in [1.54, 1.807) is 19.3 Å². The molecule has 1 atom stereocenters. The zero-order valence-electron chi connectivity index (χ0n) is 12.3. The van der Waals surface area contributed by atoms with Crippen LogP contribution in [0.5, 0.6) is 0 Å². The Morgan fingerprint density at radius 1 is 1.45 bits per heavy atom. The molecule has 1 saturated carbocycles. The van der Waals surface area contributed by atoms with Crippen LogP contribution in [0.3, 0.4) is 0 Å². The van der Waals surface area contributed by atoms with Gasteiger partial charge in [0.15, 0.2) is 5.03 Å². The predicted octanol–water partition coefficient (Wildman–Crippen LogP) is 1.61. The van der Waals surface area contributed by atoms with Gasteiger partial charge in [0.25, 0.3) is 10.0 Å². The number of pyridine rings is 1. The molecule has 0 aliphatic heterocycles. The first-order valence-electron chi connectivity index (χ1n) is 7.10. The van der Waals surface area contributed by atoms with Crippen molar-refractivity contribution in [2.75, 3.05) is 13.6 Å². The van der Waals surface area contributed by atoms with Gasteiger partial charge < -0.3 is 5.32 Å². The van der Waals surface area contributed by atoms with Crippen molar-refractivity contribution >= 4 is 10.0 Å². The molecule has 0 amide bonds. The molecule has 1 unspecified atom stereocenters. The number of aromatic nitrogens is 1. The molecule has 1 aliphatic rings. The van der Waals surface area contributed by atoms with E-state index in [0.717, 1.165) is 24.9 Å². The second-order valence-corrected chi connectivity index (χ2v) is 7.33. The molecule has 0 radical (unpaired) electrons. The highest BCUT2D eigenvalue weighted by Crippen LogP contribution is 2.36. The maximum atomic E-state index is 12.5. The van der Waals surface area contributed by atoms with Crippen molar-refractivity contribution in [1.29, 1.82) is 0 Å². The van der Waals surface area contributed by atoms with Crippen LogP contribution in [0.15, 0.2) is 23.4 Å². The average Bonchev–Trinajstić information content (AvgIpc) is 3.28. The van der Waals surface area contributed by atoms with Gasteiger partial charge in [-0.3, -0.25) is 0 Å². The highest BCUT2D eigenvalue weighted by Gasteiger charge is 2.36. The number of rotatable bonds is 7. The fraction of sp³-hybridized carbons (Fsp3) is 0.643. The van der Waals surface area contributed by atoms with E-state index in [1.165, 1.54) is 4.31 Å². The van der Waals surface area contributed by atoms with Gasteiger partial charge in [-0.15, -0.1) is 0 Å². The van der Waals surface area contributed by atoms with Crippen LogP contribution in [0, 0.1) is 5.92 Å². The Labute approximate surface area is 121 Å². The lowest BCUT2D eigenvalue weighted by Crippen LogP contribution is -2.36. The Morgan fingerprint density at radius 2 is 2.15 bits per heavy atom. The predicted molar refractivity (Wildman–Crippen MR) is 78.8 cm³/mol. The van der Waals surface area contributed by atoms with E-state index in [-0.39, 0.29) is 11.1 Å². The molecule has 0 spiro atoms. The summed E-state index contributed by atoms with van der Waals surface area (Å²) in [5, 5.41) is 3.32. The molecule has 1 aromatic rings. The second kappa shape index (κ2) is 6.20. The topological polar surface area (TPSA) is 62.3 Å². The van der Waals surface area contributed by atoms with Crippen LogP contribution in [-0.2, 0) is 16.6 Å². The van der Waals surface area contributed by atoms with Crippen molar-refractivity contribution in [2.45, 2.75) is 44.3 Å². The molecule has 0 saturated heterocycles. The van der Waals surface area contributed by atoms with Gasteiger partial charge in [-0.1, -0.05) is 13.0 Å². The van der Waals surface area contributed by atoms with Crippen molar-refractivity contribution in [3.63, 3.8) is 0 Å². The Hall–Kier alpha value is -0.980. The van der Waals surface area contributed by atoms with Crippen LogP contribution in [0.4, 0.5) is 0 Å². The van der Waals surface area contributed by atoms with Crippen LogP contribution in [-0.4, -0.2) is 37.3 Å². The first-order valence-corrected chi connectivity index (χ1v) is 8.54. The van der Waals surface area contributed by atoms with E-state index in [9.17, 15) is 8.42 Å². The Balaban J connectivity index is 2.12. The standard InChI is InChI=1S/C14H23N3O2S/c1-4-15-9-12-5-8-14(16-10-12)20(18,19)17(3)11(2)13-6-7-13/h5,8,10-11,13,15H,4,6-7,9H2,1-3H3. The fourth-order valence-corrected chi connectivity index (χ4v) is 3.51. The van der Waals surface area contributed by atoms with Crippen molar-refractivity contribution < 1.29 is 8.42 Å². The number of hydrogen-bond acceptors (Lipinski definition) is 4. The number of sulfonamides is 1. The third kappa shape index (κ3) is 3.37. The Kier molecular flexibility index (Phi) is 4.78. The molecule has 1 aliphatic carbocycles. The zero-order valence-corrected chi connectivity index (χ0v) is 13.2. The zero-order chi connectivity index (χ0) is 14.8. The quantitative estimate of drug-likeness (QED) is 0.830. The molecule has 1 heterocycles. The minimum Gasteiger partial charge on any atom is -0.313 e. The molecule has 0 aromatic carbocycles. The summed E-state index contributed by atoms with van der Waals surface area (Å²) in [6.45, 7) is 5.58. The van der Waals surface area contributed by atoms with Gasteiger partial charge in [0.2, 0.25) is 0 Å². The molecule has 20 heavy (non-hydrogen) atoms. The van der Waals surface area contributed by atoms with Gasteiger partial charge in [0.05, 0.1) is 0 Å². The maximum absolute atomic E-state index is 12.5. The molecule has 112 valence electrons. The van der Waals surface area contributed by atoms with Gasteiger partial charge in [-0.25, -0.2) is 13.4 Å². The number of nitrogens with one attached hydrogen (secondary N) is 1. The minimum absolute atomic E-state index is 0.0447. The monoisotopic (exact) mass is 297 g/mol. The molecule has 0 bridgehead atoms. The van der Waals surface area contributed by atoms with Gasteiger partial charge in [-0.2, -0.15) is 4.31 Å². The molecule has 1 N–H and O–H groups in total. The summed E-state index contributed by atoms with van der Waals surface area (Å²) in [5.41, 5.74) is 0.990. The third-order valence-corrected chi connectivity index (χ3v) is 5.76. The smallest absolute Gasteiger partial charge is 0.260 e. The summed E-state index contributed by atoms with van der Waals surface area (Å²) in [4.78, 5) is 4.12. The first-order chi connectivity index (χ1) is 9.46. The van der Waals surface area contributed by atoms with Crippen LogP contribution in [0.1, 0.15) is 32.3 Å². The first kappa shape index (κ1) is 15.4. The molecule has 1 fully saturated rings. The third-order valence-electron chi connectivity index (χ3n) is 3.90. The number of nitrogens with zero attached hydrogens (tertiary/aromatic N) is 2. The lowest BCUT2D eigenvalue weighted by molar-refractivity contribution is 0.355. The number of hydrogen-bond donors (Lipinski definition) is 1. The molecule has 5 nitrogen and oxygen atoms in total. The summed E-state index contributed by atoms with van der Waals surface area (Å²) >= 11 is 0. The Morgan fingerprint density at radius 3 is 2.65 bits per heavy atom. The van der Waals surface area contributed by atoms with E-state index in [4.69, 9.17) is 0 Å². The summed E-state index contributed by atoms with van der Waals surface area (Å²) in [6, 6.07) is 3.46. The van der Waals surface area contributed by atoms with E-state index in [2.05, 4.69) is 10.3 Å². The minimum atomic E-state index is -3.48. The molecule has 2 rings (SSSR count). The van der Waals surface area contributed by atoms with Crippen molar-refractivity contribution in [3.05, 3.63) is 23.9 Å². The van der Waals surface area contributed by atoms with Gasteiger partial charge >= 0.3 is 0 Å². The summed E-state index contributed by atoms with van der Waals surface area (Å²) in [7, 11) is -1.83. The second-order valence-electron chi connectivity index (χ2n) is 5.38. The van der Waals surface area contributed by atoms with E-state index >= 15 is 0 Å². The summed E-state index contributed by atoms with van der Waals surface area (Å²) < 4.78 is 26.4. The Bertz CT molecular complexity index is 538. The van der Waals surface area contributed by atoms with Crippen molar-refractivity contribution in [3.8, 4) is 0 Å². The van der Waals surface area contributed by atoms with Crippen LogP contribution in [0.2, 0.25) is 0 Å². The fourth-order valence-electron chi connectivity index (χ4n) is 2.18. The lowest BCUT2D eigenvalue weighted by atomic mass is 10.2. The van der Waals surface area contributed by atoms with Crippen LogP contribution >= 0.6 is 0 Å².